The molecule has 1 amide bonds. The highest BCUT2D eigenvalue weighted by atomic mass is 35.5. The highest BCUT2D eigenvalue weighted by Crippen LogP contribution is 2.37. The van der Waals surface area contributed by atoms with Gasteiger partial charge in [-0.15, -0.1) is 0 Å². The number of benzene rings is 2. The molecule has 2 aromatic rings. The number of nitrogens with two attached hydrogens (primary N) is 2. The van der Waals surface area contributed by atoms with Crippen molar-refractivity contribution < 1.29 is 23.9 Å². The standard InChI is InChI=1S/C24H27ClFN5O4/c1-31(12-21(33)34)11-14-2-4-17-15(6-14)9-16(10-29-24(27)28)22(17)30-23(35)20(32)8-13-3-5-18(25)19(26)7-13/h2-7,16,22H,8-12H2,1H3,(H,30,35)(H,33,34)(H4,27,28,29)/t16-,22-/m1/s1. The van der Waals surface area contributed by atoms with Crippen molar-refractivity contribution in [2.45, 2.75) is 25.4 Å². The van der Waals surface area contributed by atoms with Crippen molar-refractivity contribution in [3.8, 4) is 0 Å². The fraction of sp³-hybridized carbons (Fsp3) is 0.333. The molecule has 2 aromatic carbocycles. The summed E-state index contributed by atoms with van der Waals surface area (Å²) >= 11 is 5.67. The molecule has 0 saturated carbocycles. The topological polar surface area (TPSA) is 151 Å². The molecule has 0 unspecified atom stereocenters. The highest BCUT2D eigenvalue weighted by Gasteiger charge is 2.35. The molecule has 0 bridgehead atoms. The van der Waals surface area contributed by atoms with Crippen LogP contribution in [0, 0.1) is 11.7 Å². The van der Waals surface area contributed by atoms with Crippen molar-refractivity contribution >= 4 is 35.2 Å². The SMILES string of the molecule is CN(CC(=O)O)Cc1ccc2c(c1)C[C@H](CN=C(N)N)[C@H]2NC(=O)C(=O)Cc1ccc(Cl)c(F)c1. The number of aliphatic imine (C=N–C) groups is 1. The molecular weight excluding hydrogens is 477 g/mol. The van der Waals surface area contributed by atoms with E-state index < -0.39 is 29.5 Å². The summed E-state index contributed by atoms with van der Waals surface area (Å²) in [5.74, 6) is -3.36. The molecule has 9 nitrogen and oxygen atoms in total. The van der Waals surface area contributed by atoms with Crippen LogP contribution in [0.1, 0.15) is 28.3 Å². The first-order chi connectivity index (χ1) is 16.5. The lowest BCUT2D eigenvalue weighted by molar-refractivity contribution is -0.138. The molecule has 6 N–H and O–H groups in total. The average Bonchev–Trinajstić information content (AvgIpc) is 3.10. The molecule has 0 saturated heterocycles. The number of fused-ring (bicyclic) bond motifs is 1. The number of hydrogen-bond acceptors (Lipinski definition) is 5. The van der Waals surface area contributed by atoms with E-state index >= 15 is 0 Å². The van der Waals surface area contributed by atoms with Gasteiger partial charge in [0.2, 0.25) is 5.78 Å². The third-order valence-corrected chi connectivity index (χ3v) is 6.06. The number of ketones is 1. The number of Topliss-reactive ketones (excluding diaryl/α,β-unsaturated/α-hetero) is 1. The average molecular weight is 504 g/mol. The lowest BCUT2D eigenvalue weighted by atomic mass is 9.99. The Balaban J connectivity index is 1.76. The largest absolute Gasteiger partial charge is 0.480 e. The van der Waals surface area contributed by atoms with Crippen LogP contribution in [0.15, 0.2) is 41.4 Å². The summed E-state index contributed by atoms with van der Waals surface area (Å²) in [7, 11) is 1.71. The number of amides is 1. The van der Waals surface area contributed by atoms with Crippen LogP contribution in [0.5, 0.6) is 0 Å². The molecule has 0 aromatic heterocycles. The first-order valence-electron chi connectivity index (χ1n) is 10.9. The van der Waals surface area contributed by atoms with Crippen LogP contribution in [-0.4, -0.2) is 53.8 Å². The van der Waals surface area contributed by atoms with Gasteiger partial charge in [0, 0.05) is 25.4 Å². The third-order valence-electron chi connectivity index (χ3n) is 5.75. The minimum Gasteiger partial charge on any atom is -0.480 e. The Morgan fingerprint density at radius 2 is 1.91 bits per heavy atom. The Hall–Kier alpha value is -3.50. The van der Waals surface area contributed by atoms with Crippen LogP contribution in [0.2, 0.25) is 5.02 Å². The number of carbonyl (C=O) groups excluding carboxylic acids is 2. The summed E-state index contributed by atoms with van der Waals surface area (Å²) < 4.78 is 13.7. The number of carbonyl (C=O) groups is 3. The first-order valence-corrected chi connectivity index (χ1v) is 11.3. The zero-order valence-electron chi connectivity index (χ0n) is 19.1. The minimum absolute atomic E-state index is 0.0655. The van der Waals surface area contributed by atoms with E-state index in [1.54, 1.807) is 11.9 Å². The number of nitrogens with one attached hydrogen (secondary N) is 1. The maximum Gasteiger partial charge on any atom is 0.317 e. The molecule has 0 fully saturated rings. The summed E-state index contributed by atoms with van der Waals surface area (Å²) in [4.78, 5) is 42.0. The summed E-state index contributed by atoms with van der Waals surface area (Å²) in [5, 5.41) is 11.7. The smallest absolute Gasteiger partial charge is 0.317 e. The van der Waals surface area contributed by atoms with Gasteiger partial charge >= 0.3 is 5.97 Å². The fourth-order valence-electron chi connectivity index (χ4n) is 4.22. The van der Waals surface area contributed by atoms with E-state index in [0.717, 1.165) is 22.8 Å². The van der Waals surface area contributed by atoms with Crippen molar-refractivity contribution in [1.82, 2.24) is 10.2 Å². The molecule has 35 heavy (non-hydrogen) atoms. The van der Waals surface area contributed by atoms with Crippen molar-refractivity contribution in [2.75, 3.05) is 20.1 Å². The summed E-state index contributed by atoms with van der Waals surface area (Å²) in [5.41, 5.74) is 14.0. The second kappa shape index (κ2) is 11.3. The van der Waals surface area contributed by atoms with E-state index in [4.69, 9.17) is 28.2 Å². The molecule has 11 heteroatoms. The summed E-state index contributed by atoms with van der Waals surface area (Å²) in [6.07, 6.45) is 0.289. The van der Waals surface area contributed by atoms with Gasteiger partial charge in [0.25, 0.3) is 5.91 Å². The second-order valence-electron chi connectivity index (χ2n) is 8.63. The van der Waals surface area contributed by atoms with Crippen LogP contribution in [0.3, 0.4) is 0 Å². The van der Waals surface area contributed by atoms with Crippen molar-refractivity contribution in [3.05, 3.63) is 69.5 Å². The van der Waals surface area contributed by atoms with Crippen molar-refractivity contribution in [3.63, 3.8) is 0 Å². The molecular formula is C24H27ClFN5O4. The van der Waals surface area contributed by atoms with Gasteiger partial charge in [-0.1, -0.05) is 35.9 Å². The third kappa shape index (κ3) is 7.00. The maximum atomic E-state index is 13.7. The number of aliphatic carboxylic acids is 1. The van der Waals surface area contributed by atoms with Gasteiger partial charge in [0.05, 0.1) is 17.6 Å². The van der Waals surface area contributed by atoms with Gasteiger partial charge < -0.3 is 21.9 Å². The molecule has 0 spiro atoms. The van der Waals surface area contributed by atoms with Crippen LogP contribution in [0.25, 0.3) is 0 Å². The monoisotopic (exact) mass is 503 g/mol. The molecule has 0 aliphatic heterocycles. The van der Waals surface area contributed by atoms with Gasteiger partial charge in [-0.3, -0.25) is 24.3 Å². The number of carboxylic acids is 1. The Morgan fingerprint density at radius 3 is 2.57 bits per heavy atom. The van der Waals surface area contributed by atoms with Crippen LogP contribution in [-0.2, 0) is 33.8 Å². The Bertz CT molecular complexity index is 1170. The van der Waals surface area contributed by atoms with Gasteiger partial charge in [-0.05, 0) is 47.9 Å². The van der Waals surface area contributed by atoms with Gasteiger partial charge in [-0.25, -0.2) is 4.39 Å². The summed E-state index contributed by atoms with van der Waals surface area (Å²) in [6.45, 7) is 0.584. The Kier molecular flexibility index (Phi) is 8.42. The zero-order valence-corrected chi connectivity index (χ0v) is 19.9. The number of halogens is 2. The van der Waals surface area contributed by atoms with Crippen molar-refractivity contribution in [2.24, 2.45) is 22.4 Å². The molecule has 3 rings (SSSR count). The minimum atomic E-state index is -0.917. The predicted octanol–water partition coefficient (Wildman–Crippen LogP) is 1.41. The van der Waals surface area contributed by atoms with E-state index in [0.29, 0.717) is 18.5 Å². The lowest BCUT2D eigenvalue weighted by Gasteiger charge is -2.21. The molecule has 2 atom stereocenters. The second-order valence-corrected chi connectivity index (χ2v) is 9.04. The molecule has 0 heterocycles. The van der Waals surface area contributed by atoms with Gasteiger partial charge in [0.1, 0.15) is 5.82 Å². The van der Waals surface area contributed by atoms with Crippen LogP contribution < -0.4 is 16.8 Å². The predicted molar refractivity (Wildman–Crippen MR) is 129 cm³/mol. The lowest BCUT2D eigenvalue weighted by Crippen LogP contribution is -2.38. The quantitative estimate of drug-likeness (QED) is 0.217. The van der Waals surface area contributed by atoms with E-state index in [1.165, 1.54) is 12.1 Å². The van der Waals surface area contributed by atoms with Crippen molar-refractivity contribution in [1.29, 1.82) is 0 Å². The molecule has 1 aliphatic rings. The summed E-state index contributed by atoms with van der Waals surface area (Å²) in [6, 6.07) is 9.13. The van der Waals surface area contributed by atoms with E-state index in [9.17, 15) is 18.8 Å². The number of nitrogens with zero attached hydrogens (tertiary/aromatic N) is 2. The number of guanidine groups is 1. The number of rotatable bonds is 10. The number of carboxylic acid groups (broad SMARTS) is 1. The normalized spacial score (nSPS) is 16.6. The molecule has 186 valence electrons. The van der Waals surface area contributed by atoms with Crippen LogP contribution in [0.4, 0.5) is 4.39 Å². The first kappa shape index (κ1) is 26.1. The maximum absolute atomic E-state index is 13.7. The molecule has 0 radical (unpaired) electrons. The molecule has 1 aliphatic carbocycles. The van der Waals surface area contributed by atoms with E-state index in [1.807, 2.05) is 18.2 Å². The Labute approximate surface area is 206 Å². The number of hydrogen-bond donors (Lipinski definition) is 4. The van der Waals surface area contributed by atoms with Gasteiger partial charge in [0.15, 0.2) is 5.96 Å². The van der Waals surface area contributed by atoms with Crippen LogP contribution >= 0.6 is 11.6 Å². The Morgan fingerprint density at radius 1 is 1.20 bits per heavy atom. The number of likely N-dealkylation sites (N-methyl/N-ethyl adjacent to an activating group) is 1. The van der Waals surface area contributed by atoms with E-state index in [-0.39, 0.29) is 36.4 Å². The highest BCUT2D eigenvalue weighted by molar-refractivity contribution is 6.36. The fourth-order valence-corrected chi connectivity index (χ4v) is 4.33. The zero-order chi connectivity index (χ0) is 25.7. The van der Waals surface area contributed by atoms with E-state index in [2.05, 4.69) is 10.3 Å². The van der Waals surface area contributed by atoms with Gasteiger partial charge in [-0.2, -0.15) is 0 Å².